The van der Waals surface area contributed by atoms with Crippen LogP contribution in [0.1, 0.15) is 11.3 Å². The predicted octanol–water partition coefficient (Wildman–Crippen LogP) is 3.70. The van der Waals surface area contributed by atoms with Crippen molar-refractivity contribution in [2.45, 2.75) is 11.8 Å². The van der Waals surface area contributed by atoms with Gasteiger partial charge in [0.05, 0.1) is 22.6 Å². The molecule has 0 radical (unpaired) electrons. The smallest absolute Gasteiger partial charge is 0.280 e. The molecule has 2 heterocycles. The van der Waals surface area contributed by atoms with Crippen molar-refractivity contribution in [2.75, 3.05) is 5.75 Å². The third kappa shape index (κ3) is 2.43. The van der Waals surface area contributed by atoms with Gasteiger partial charge in [-0.05, 0) is 31.2 Å². The molecular formula is C18H15N3OS. The number of aromatic nitrogens is 2. The van der Waals surface area contributed by atoms with Gasteiger partial charge >= 0.3 is 0 Å². The minimum atomic E-state index is -0.0487. The standard InChI is InChI=1S/C18H15N3OS/c1-12-17(15-11-23-16-10-6-5-9-14(16)19-15)18(22)21(20-12)13-7-3-2-4-8-13/h2-10,20H,11H2,1H3. The molecule has 5 heteroatoms. The molecule has 0 saturated heterocycles. The van der Waals surface area contributed by atoms with E-state index < -0.39 is 0 Å². The summed E-state index contributed by atoms with van der Waals surface area (Å²) in [6.07, 6.45) is 0. The fourth-order valence-electron chi connectivity index (χ4n) is 2.77. The van der Waals surface area contributed by atoms with E-state index in [1.165, 1.54) is 0 Å². The van der Waals surface area contributed by atoms with E-state index in [1.807, 2.05) is 55.5 Å². The van der Waals surface area contributed by atoms with Gasteiger partial charge < -0.3 is 0 Å². The molecule has 114 valence electrons. The van der Waals surface area contributed by atoms with Crippen LogP contribution in [0.2, 0.25) is 0 Å². The van der Waals surface area contributed by atoms with Crippen LogP contribution in [0.5, 0.6) is 0 Å². The second-order valence-electron chi connectivity index (χ2n) is 5.40. The minimum Gasteiger partial charge on any atom is -0.295 e. The van der Waals surface area contributed by atoms with Crippen molar-refractivity contribution in [1.29, 1.82) is 0 Å². The monoisotopic (exact) mass is 321 g/mol. The van der Waals surface area contributed by atoms with Crippen LogP contribution in [-0.4, -0.2) is 21.2 Å². The second-order valence-corrected chi connectivity index (χ2v) is 6.42. The van der Waals surface area contributed by atoms with E-state index in [4.69, 9.17) is 4.99 Å². The van der Waals surface area contributed by atoms with Crippen molar-refractivity contribution in [3.63, 3.8) is 0 Å². The van der Waals surface area contributed by atoms with Crippen LogP contribution in [0.4, 0.5) is 5.69 Å². The number of hydrogen-bond acceptors (Lipinski definition) is 3. The predicted molar refractivity (Wildman–Crippen MR) is 94.5 cm³/mol. The van der Waals surface area contributed by atoms with Crippen molar-refractivity contribution in [3.05, 3.63) is 76.2 Å². The topological polar surface area (TPSA) is 50.1 Å². The molecule has 1 aromatic heterocycles. The van der Waals surface area contributed by atoms with Gasteiger partial charge in [-0.15, -0.1) is 11.8 Å². The number of aromatic amines is 1. The van der Waals surface area contributed by atoms with Gasteiger partial charge in [-0.1, -0.05) is 30.3 Å². The average Bonchev–Trinajstić information content (AvgIpc) is 2.90. The van der Waals surface area contributed by atoms with Crippen molar-refractivity contribution in [1.82, 2.24) is 9.78 Å². The molecule has 23 heavy (non-hydrogen) atoms. The Hall–Kier alpha value is -2.53. The highest BCUT2D eigenvalue weighted by Gasteiger charge is 2.21. The summed E-state index contributed by atoms with van der Waals surface area (Å²) in [5, 5.41) is 3.16. The summed E-state index contributed by atoms with van der Waals surface area (Å²) in [6.45, 7) is 1.92. The fraction of sp³-hybridized carbons (Fsp3) is 0.111. The third-order valence-electron chi connectivity index (χ3n) is 3.86. The first-order valence-electron chi connectivity index (χ1n) is 7.41. The lowest BCUT2D eigenvalue weighted by Gasteiger charge is -2.13. The Morgan fingerprint density at radius 2 is 1.83 bits per heavy atom. The zero-order chi connectivity index (χ0) is 15.8. The average molecular weight is 321 g/mol. The number of rotatable bonds is 2. The van der Waals surface area contributed by atoms with Gasteiger partial charge in [0.2, 0.25) is 0 Å². The largest absolute Gasteiger partial charge is 0.295 e. The number of nitrogens with one attached hydrogen (secondary N) is 1. The number of aryl methyl sites for hydroxylation is 1. The lowest BCUT2D eigenvalue weighted by atomic mass is 10.1. The molecule has 4 rings (SSSR count). The quantitative estimate of drug-likeness (QED) is 0.782. The summed E-state index contributed by atoms with van der Waals surface area (Å²) in [5.41, 5.74) is 4.07. The van der Waals surface area contributed by atoms with Crippen molar-refractivity contribution < 1.29 is 0 Å². The minimum absolute atomic E-state index is 0.0487. The summed E-state index contributed by atoms with van der Waals surface area (Å²) in [7, 11) is 0. The highest BCUT2D eigenvalue weighted by Crippen LogP contribution is 2.34. The summed E-state index contributed by atoms with van der Waals surface area (Å²) in [5.74, 6) is 0.708. The second kappa shape index (κ2) is 5.59. The van der Waals surface area contributed by atoms with E-state index in [0.717, 1.165) is 27.7 Å². The molecule has 2 aromatic carbocycles. The van der Waals surface area contributed by atoms with Crippen molar-refractivity contribution in [2.24, 2.45) is 4.99 Å². The first-order valence-corrected chi connectivity index (χ1v) is 8.39. The Kier molecular flexibility index (Phi) is 3.42. The Morgan fingerprint density at radius 3 is 2.65 bits per heavy atom. The first kappa shape index (κ1) is 14.1. The van der Waals surface area contributed by atoms with Gasteiger partial charge in [0.1, 0.15) is 0 Å². The maximum atomic E-state index is 12.8. The summed E-state index contributed by atoms with van der Waals surface area (Å²) < 4.78 is 1.58. The molecule has 0 fully saturated rings. The highest BCUT2D eigenvalue weighted by molar-refractivity contribution is 8.00. The van der Waals surface area contributed by atoms with E-state index in [1.54, 1.807) is 16.4 Å². The molecule has 0 spiro atoms. The SMILES string of the molecule is Cc1[nH]n(-c2ccccc2)c(=O)c1C1=Nc2ccccc2SC1. The molecule has 0 unspecified atom stereocenters. The fourth-order valence-corrected chi connectivity index (χ4v) is 3.71. The molecule has 1 N–H and O–H groups in total. The van der Waals surface area contributed by atoms with E-state index in [9.17, 15) is 4.79 Å². The van der Waals surface area contributed by atoms with Crippen molar-refractivity contribution >= 4 is 23.2 Å². The number of thioether (sulfide) groups is 1. The summed E-state index contributed by atoms with van der Waals surface area (Å²) >= 11 is 1.72. The van der Waals surface area contributed by atoms with Crippen molar-refractivity contribution in [3.8, 4) is 5.69 Å². The molecule has 3 aromatic rings. The van der Waals surface area contributed by atoms with Crippen LogP contribution in [0, 0.1) is 6.92 Å². The van der Waals surface area contributed by atoms with Crippen LogP contribution < -0.4 is 5.56 Å². The first-order chi connectivity index (χ1) is 11.2. The van der Waals surface area contributed by atoms with E-state index in [-0.39, 0.29) is 5.56 Å². The normalized spacial score (nSPS) is 13.5. The van der Waals surface area contributed by atoms with E-state index in [2.05, 4.69) is 11.2 Å². The van der Waals surface area contributed by atoms with Crippen LogP contribution >= 0.6 is 11.8 Å². The molecule has 0 bridgehead atoms. The Morgan fingerprint density at radius 1 is 1.09 bits per heavy atom. The van der Waals surface area contributed by atoms with Gasteiger partial charge in [0.25, 0.3) is 5.56 Å². The van der Waals surface area contributed by atoms with E-state index in [0.29, 0.717) is 11.3 Å². The molecule has 1 aliphatic rings. The number of fused-ring (bicyclic) bond motifs is 1. The number of H-pyrrole nitrogens is 1. The zero-order valence-electron chi connectivity index (χ0n) is 12.6. The number of para-hydroxylation sites is 2. The van der Waals surface area contributed by atoms with Crippen LogP contribution in [0.25, 0.3) is 5.69 Å². The maximum absolute atomic E-state index is 12.8. The number of benzene rings is 2. The number of nitrogens with zero attached hydrogens (tertiary/aromatic N) is 2. The lowest BCUT2D eigenvalue weighted by Crippen LogP contribution is -2.22. The zero-order valence-corrected chi connectivity index (χ0v) is 13.4. The Balaban J connectivity index is 1.84. The molecule has 0 amide bonds. The van der Waals surface area contributed by atoms with Gasteiger partial charge in [-0.2, -0.15) is 0 Å². The molecule has 0 aliphatic carbocycles. The number of hydrogen-bond donors (Lipinski definition) is 1. The van der Waals surface area contributed by atoms with Crippen LogP contribution in [0.15, 0.2) is 69.3 Å². The summed E-state index contributed by atoms with van der Waals surface area (Å²) in [6, 6.07) is 17.6. The highest BCUT2D eigenvalue weighted by atomic mass is 32.2. The Labute approximate surface area is 137 Å². The van der Waals surface area contributed by atoms with E-state index >= 15 is 0 Å². The Bertz CT molecular complexity index is 954. The van der Waals surface area contributed by atoms with Crippen LogP contribution in [0.3, 0.4) is 0 Å². The molecular weight excluding hydrogens is 306 g/mol. The molecule has 0 atom stereocenters. The molecule has 0 saturated carbocycles. The van der Waals surface area contributed by atoms with Gasteiger partial charge in [0.15, 0.2) is 0 Å². The lowest BCUT2D eigenvalue weighted by molar-refractivity contribution is 0.835. The molecule has 1 aliphatic heterocycles. The van der Waals surface area contributed by atoms with Gasteiger partial charge in [0, 0.05) is 16.3 Å². The van der Waals surface area contributed by atoms with Gasteiger partial charge in [-0.3, -0.25) is 14.9 Å². The molecule has 4 nitrogen and oxygen atoms in total. The van der Waals surface area contributed by atoms with Gasteiger partial charge in [-0.25, -0.2) is 4.68 Å². The maximum Gasteiger partial charge on any atom is 0.280 e. The summed E-state index contributed by atoms with van der Waals surface area (Å²) in [4.78, 5) is 18.7. The third-order valence-corrected chi connectivity index (χ3v) is 4.93. The number of aliphatic imine (C=N–C) groups is 1. The van der Waals surface area contributed by atoms with Crippen LogP contribution in [-0.2, 0) is 0 Å².